The van der Waals surface area contributed by atoms with E-state index in [1.807, 2.05) is 38.2 Å². The molecule has 4 heterocycles. The summed E-state index contributed by atoms with van der Waals surface area (Å²) in [7, 11) is 0. The van der Waals surface area contributed by atoms with E-state index in [-0.39, 0.29) is 11.9 Å². The number of piperidine rings is 1. The predicted molar refractivity (Wildman–Crippen MR) is 140 cm³/mol. The zero-order valence-corrected chi connectivity index (χ0v) is 20.6. The third-order valence-corrected chi connectivity index (χ3v) is 6.76. The fourth-order valence-corrected chi connectivity index (χ4v) is 4.95. The molecule has 8 nitrogen and oxygen atoms in total. The molecule has 2 atom stereocenters. The maximum absolute atomic E-state index is 12.7. The van der Waals surface area contributed by atoms with Gasteiger partial charge in [0.15, 0.2) is 0 Å². The summed E-state index contributed by atoms with van der Waals surface area (Å²) in [6.45, 7) is 8.58. The Morgan fingerprint density at radius 2 is 1.97 bits per heavy atom. The smallest absolute Gasteiger partial charge is 0.256 e. The van der Waals surface area contributed by atoms with Crippen LogP contribution >= 0.6 is 0 Å². The number of aliphatic hydroxyl groups is 1. The molecule has 0 bridgehead atoms. The lowest BCUT2D eigenvalue weighted by Gasteiger charge is -2.37. The number of benzene rings is 1. The highest BCUT2D eigenvalue weighted by Gasteiger charge is 2.32. The first-order valence-corrected chi connectivity index (χ1v) is 12.2. The molecule has 1 aliphatic heterocycles. The number of rotatable bonds is 6. The summed E-state index contributed by atoms with van der Waals surface area (Å²) in [5.41, 5.74) is 5.04. The van der Waals surface area contributed by atoms with Gasteiger partial charge in [-0.2, -0.15) is 0 Å². The molecule has 4 aromatic rings. The molecule has 36 heavy (non-hydrogen) atoms. The number of likely N-dealkylation sites (tertiary alicyclic amines) is 1. The number of carbonyl (C=O) groups excluding carboxylic acids is 1. The lowest BCUT2D eigenvalue weighted by atomic mass is 10.0. The molecule has 1 aromatic carbocycles. The number of hydrogen-bond acceptors (Lipinski definition) is 6. The van der Waals surface area contributed by atoms with Gasteiger partial charge < -0.3 is 10.4 Å². The van der Waals surface area contributed by atoms with Crippen molar-refractivity contribution >= 4 is 17.2 Å². The average Bonchev–Trinajstić information content (AvgIpc) is 3.33. The van der Waals surface area contributed by atoms with E-state index in [4.69, 9.17) is 4.98 Å². The van der Waals surface area contributed by atoms with E-state index in [2.05, 4.69) is 31.2 Å². The van der Waals surface area contributed by atoms with E-state index in [0.717, 1.165) is 59.8 Å². The van der Waals surface area contributed by atoms with Crippen LogP contribution in [0.15, 0.2) is 67.5 Å². The second-order valence-corrected chi connectivity index (χ2v) is 9.13. The summed E-state index contributed by atoms with van der Waals surface area (Å²) in [6, 6.07) is 12.8. The summed E-state index contributed by atoms with van der Waals surface area (Å²) < 4.78 is 2.16. The van der Waals surface area contributed by atoms with Gasteiger partial charge in [-0.3, -0.25) is 19.1 Å². The van der Waals surface area contributed by atoms with Gasteiger partial charge in [0.25, 0.3) is 5.91 Å². The molecule has 0 aliphatic carbocycles. The number of aliphatic hydroxyl groups excluding tert-OH is 1. The first-order valence-electron chi connectivity index (χ1n) is 12.2. The van der Waals surface area contributed by atoms with Gasteiger partial charge in [0.05, 0.1) is 22.9 Å². The second kappa shape index (κ2) is 10.0. The number of nitrogens with one attached hydrogen (secondary N) is 1. The van der Waals surface area contributed by atoms with Crippen LogP contribution in [-0.2, 0) is 0 Å². The predicted octanol–water partition coefficient (Wildman–Crippen LogP) is 4.69. The highest BCUT2D eigenvalue weighted by atomic mass is 16.3. The van der Waals surface area contributed by atoms with Gasteiger partial charge in [-0.25, -0.2) is 9.97 Å². The molecule has 8 heteroatoms. The minimum Gasteiger partial charge on any atom is -0.375 e. The van der Waals surface area contributed by atoms with Crippen molar-refractivity contribution in [3.8, 4) is 11.3 Å². The van der Waals surface area contributed by atoms with E-state index in [1.165, 1.54) is 0 Å². The number of pyridine rings is 1. The van der Waals surface area contributed by atoms with Gasteiger partial charge in [0.1, 0.15) is 17.9 Å². The number of anilines is 1. The molecule has 0 spiro atoms. The Morgan fingerprint density at radius 1 is 1.17 bits per heavy atom. The number of fused-ring (bicyclic) bond motifs is 1. The van der Waals surface area contributed by atoms with Crippen LogP contribution in [0.25, 0.3) is 16.8 Å². The van der Waals surface area contributed by atoms with E-state index in [0.29, 0.717) is 11.4 Å². The number of hydrogen-bond donors (Lipinski definition) is 2. The van der Waals surface area contributed by atoms with Crippen LogP contribution in [0, 0.1) is 13.8 Å². The fourth-order valence-electron chi connectivity index (χ4n) is 4.95. The van der Waals surface area contributed by atoms with Gasteiger partial charge in [-0.15, -0.1) is 0 Å². The molecule has 0 radical (unpaired) electrons. The Morgan fingerprint density at radius 3 is 2.69 bits per heavy atom. The third kappa shape index (κ3) is 4.41. The van der Waals surface area contributed by atoms with Crippen LogP contribution in [0.4, 0.5) is 5.82 Å². The van der Waals surface area contributed by atoms with Crippen LogP contribution < -0.4 is 5.32 Å². The highest BCUT2D eigenvalue weighted by molar-refractivity contribution is 6.04. The van der Waals surface area contributed by atoms with Crippen LogP contribution in [-0.4, -0.2) is 48.0 Å². The molecule has 5 rings (SSSR count). The molecule has 1 amide bonds. The molecule has 3 aromatic heterocycles. The number of carbonyl (C=O) groups is 1. The maximum Gasteiger partial charge on any atom is 0.256 e. The van der Waals surface area contributed by atoms with E-state index < -0.39 is 6.23 Å². The Labute approximate surface area is 210 Å². The number of amides is 1. The zero-order chi connectivity index (χ0) is 25.2. The van der Waals surface area contributed by atoms with Crippen molar-refractivity contribution in [2.75, 3.05) is 11.9 Å². The van der Waals surface area contributed by atoms with Crippen LogP contribution in [0.2, 0.25) is 0 Å². The zero-order valence-electron chi connectivity index (χ0n) is 20.6. The number of aromatic nitrogens is 4. The average molecular weight is 483 g/mol. The van der Waals surface area contributed by atoms with Crippen LogP contribution in [0.5, 0.6) is 0 Å². The summed E-state index contributed by atoms with van der Waals surface area (Å²) in [4.78, 5) is 28.7. The Bertz CT molecular complexity index is 1400. The third-order valence-electron chi connectivity index (χ3n) is 6.76. The quantitative estimate of drug-likeness (QED) is 0.387. The van der Waals surface area contributed by atoms with Crippen LogP contribution in [0.3, 0.4) is 0 Å². The first kappa shape index (κ1) is 23.8. The van der Waals surface area contributed by atoms with E-state index >= 15 is 0 Å². The van der Waals surface area contributed by atoms with E-state index in [1.54, 1.807) is 36.5 Å². The molecule has 1 saturated heterocycles. The Balaban J connectivity index is 1.55. The molecule has 2 N–H and O–H groups in total. The SMILES string of the molecule is C=CC(O)N1CCCC[C@H]1c1nc(-c2ccc(C(=O)Nc3ccccn3)cc2)c2c(C)ncc(C)n12. The molecule has 184 valence electrons. The molecule has 1 fully saturated rings. The van der Waals surface area contributed by atoms with Gasteiger partial charge in [0.2, 0.25) is 0 Å². The fraction of sp³-hybridized carbons (Fsp3) is 0.286. The standard InChI is InChI=1S/C28H30N6O2/c1-4-24(35)33-16-8-6-9-22(33)27-32-25(26-19(3)30-17-18(2)34(26)27)20-11-13-21(14-12-20)28(36)31-23-10-5-7-15-29-23/h4-5,7,10-15,17,22,24,35H,1,6,8-9,16H2,2-3H3,(H,29,31,36)/t22-,24?/m0/s1. The van der Waals surface area contributed by atoms with Crippen molar-refractivity contribution in [2.24, 2.45) is 0 Å². The molecular formula is C28H30N6O2. The number of nitrogens with zero attached hydrogens (tertiary/aromatic N) is 5. The van der Waals surface area contributed by atoms with Gasteiger partial charge >= 0.3 is 0 Å². The molecule has 0 saturated carbocycles. The topological polar surface area (TPSA) is 95.6 Å². The maximum atomic E-state index is 12.7. The minimum absolute atomic E-state index is 0.0445. The second-order valence-electron chi connectivity index (χ2n) is 9.13. The molecular weight excluding hydrogens is 452 g/mol. The summed E-state index contributed by atoms with van der Waals surface area (Å²) in [5.74, 6) is 1.17. The lowest BCUT2D eigenvalue weighted by molar-refractivity contribution is -0.0129. The number of imidazole rings is 1. The minimum atomic E-state index is -0.730. The Kier molecular flexibility index (Phi) is 6.63. The largest absolute Gasteiger partial charge is 0.375 e. The van der Waals surface area contributed by atoms with Gasteiger partial charge in [-0.1, -0.05) is 31.2 Å². The van der Waals surface area contributed by atoms with Crippen molar-refractivity contribution < 1.29 is 9.90 Å². The van der Waals surface area contributed by atoms with Crippen molar-refractivity contribution in [1.29, 1.82) is 0 Å². The lowest BCUT2D eigenvalue weighted by Crippen LogP contribution is -2.41. The summed E-state index contributed by atoms with van der Waals surface area (Å²) in [6.07, 6.45) is 7.34. The van der Waals surface area contributed by atoms with Crippen molar-refractivity contribution in [1.82, 2.24) is 24.3 Å². The highest BCUT2D eigenvalue weighted by Crippen LogP contribution is 2.36. The van der Waals surface area contributed by atoms with Crippen molar-refractivity contribution in [3.63, 3.8) is 0 Å². The monoisotopic (exact) mass is 482 g/mol. The number of aryl methyl sites for hydroxylation is 2. The van der Waals surface area contributed by atoms with E-state index in [9.17, 15) is 9.90 Å². The normalized spacial score (nSPS) is 17.1. The van der Waals surface area contributed by atoms with Crippen molar-refractivity contribution in [2.45, 2.75) is 45.4 Å². The first-order chi connectivity index (χ1) is 17.5. The summed E-state index contributed by atoms with van der Waals surface area (Å²) >= 11 is 0. The van der Waals surface area contributed by atoms with Gasteiger partial charge in [0, 0.05) is 35.8 Å². The molecule has 1 unspecified atom stereocenters. The van der Waals surface area contributed by atoms with Crippen molar-refractivity contribution in [3.05, 3.63) is 90.3 Å². The molecule has 1 aliphatic rings. The van der Waals surface area contributed by atoms with Gasteiger partial charge in [-0.05, 0) is 57.0 Å². The summed E-state index contributed by atoms with van der Waals surface area (Å²) in [5, 5.41) is 13.5. The van der Waals surface area contributed by atoms with Crippen LogP contribution in [0.1, 0.15) is 52.9 Å². The Hall–Kier alpha value is -3.88.